The van der Waals surface area contributed by atoms with Crippen molar-refractivity contribution >= 4 is 5.97 Å². The van der Waals surface area contributed by atoms with Crippen LogP contribution in [-0.4, -0.2) is 26.2 Å². The van der Waals surface area contributed by atoms with Crippen LogP contribution >= 0.6 is 0 Å². The van der Waals surface area contributed by atoms with Gasteiger partial charge < -0.3 is 15.2 Å². The SMILES string of the molecule is Cc1ccccc1-c1ccccc1Cc1nc(C(=O)O)c(O)c(=O)[nH]1. The van der Waals surface area contributed by atoms with E-state index in [-0.39, 0.29) is 12.2 Å². The zero-order chi connectivity index (χ0) is 18.0. The van der Waals surface area contributed by atoms with E-state index in [0.717, 1.165) is 22.3 Å². The van der Waals surface area contributed by atoms with E-state index in [1.54, 1.807) is 0 Å². The highest BCUT2D eigenvalue weighted by Gasteiger charge is 2.17. The summed E-state index contributed by atoms with van der Waals surface area (Å²) in [6.07, 6.45) is 0.236. The Balaban J connectivity index is 2.08. The standard InChI is InChI=1S/C19H16N2O4/c1-11-6-2-4-8-13(11)14-9-5-3-7-12(14)10-15-20-16(19(24)25)17(22)18(23)21-15/h2-9,22H,10H2,1H3,(H,24,25)(H,20,21,23). The number of aromatic amines is 1. The first kappa shape index (κ1) is 16.4. The van der Waals surface area contributed by atoms with Gasteiger partial charge in [0.1, 0.15) is 5.82 Å². The average molecular weight is 336 g/mol. The number of aromatic nitrogens is 2. The molecule has 0 spiro atoms. The Labute approximate surface area is 143 Å². The summed E-state index contributed by atoms with van der Waals surface area (Å²) in [7, 11) is 0. The molecule has 6 heteroatoms. The minimum absolute atomic E-state index is 0.182. The summed E-state index contributed by atoms with van der Waals surface area (Å²) in [4.78, 5) is 29.2. The Morgan fingerprint density at radius 2 is 1.72 bits per heavy atom. The van der Waals surface area contributed by atoms with E-state index in [9.17, 15) is 14.7 Å². The molecule has 3 rings (SSSR count). The number of aromatic hydroxyl groups is 1. The van der Waals surface area contributed by atoms with Crippen molar-refractivity contribution < 1.29 is 15.0 Å². The lowest BCUT2D eigenvalue weighted by molar-refractivity contribution is 0.0686. The first-order chi connectivity index (χ1) is 12.0. The summed E-state index contributed by atoms with van der Waals surface area (Å²) in [5.74, 6) is -2.15. The molecule has 0 saturated carbocycles. The molecule has 2 aromatic carbocycles. The van der Waals surface area contributed by atoms with Gasteiger partial charge in [0.15, 0.2) is 5.69 Å². The molecule has 0 aliphatic heterocycles. The van der Waals surface area contributed by atoms with E-state index >= 15 is 0 Å². The summed E-state index contributed by atoms with van der Waals surface area (Å²) < 4.78 is 0. The van der Waals surface area contributed by atoms with Crippen LogP contribution in [0.25, 0.3) is 11.1 Å². The maximum absolute atomic E-state index is 11.8. The highest BCUT2D eigenvalue weighted by Crippen LogP contribution is 2.27. The van der Waals surface area contributed by atoms with Gasteiger partial charge in [0.25, 0.3) is 5.56 Å². The van der Waals surface area contributed by atoms with Gasteiger partial charge in [-0.25, -0.2) is 9.78 Å². The van der Waals surface area contributed by atoms with Crippen LogP contribution in [0.5, 0.6) is 5.75 Å². The molecular weight excluding hydrogens is 320 g/mol. The third-order valence-electron chi connectivity index (χ3n) is 3.96. The molecule has 0 aliphatic carbocycles. The molecule has 1 heterocycles. The third kappa shape index (κ3) is 3.28. The van der Waals surface area contributed by atoms with Gasteiger partial charge in [-0.3, -0.25) is 4.79 Å². The van der Waals surface area contributed by atoms with Crippen LogP contribution in [0.1, 0.15) is 27.4 Å². The molecule has 3 aromatic rings. The molecule has 6 nitrogen and oxygen atoms in total. The fraction of sp³-hybridized carbons (Fsp3) is 0.105. The van der Waals surface area contributed by atoms with E-state index < -0.39 is 23.0 Å². The zero-order valence-electron chi connectivity index (χ0n) is 13.5. The van der Waals surface area contributed by atoms with Crippen molar-refractivity contribution in [3.05, 3.63) is 81.5 Å². The average Bonchev–Trinajstić information content (AvgIpc) is 2.59. The maximum Gasteiger partial charge on any atom is 0.358 e. The summed E-state index contributed by atoms with van der Waals surface area (Å²) >= 11 is 0. The Kier molecular flexibility index (Phi) is 4.35. The molecule has 0 atom stereocenters. The third-order valence-corrected chi connectivity index (χ3v) is 3.96. The molecule has 0 amide bonds. The fourth-order valence-electron chi connectivity index (χ4n) is 2.74. The number of H-pyrrole nitrogens is 1. The minimum atomic E-state index is -1.45. The number of hydrogen-bond acceptors (Lipinski definition) is 4. The molecule has 1 aromatic heterocycles. The van der Waals surface area contributed by atoms with Gasteiger partial charge >= 0.3 is 5.97 Å². The van der Waals surface area contributed by atoms with Gasteiger partial charge in [0.05, 0.1) is 0 Å². The zero-order valence-corrected chi connectivity index (χ0v) is 13.5. The minimum Gasteiger partial charge on any atom is -0.501 e. The summed E-state index contributed by atoms with van der Waals surface area (Å²) in [5.41, 5.74) is 2.52. The Morgan fingerprint density at radius 1 is 1.08 bits per heavy atom. The number of hydrogen-bond donors (Lipinski definition) is 3. The van der Waals surface area contributed by atoms with Crippen molar-refractivity contribution in [1.82, 2.24) is 9.97 Å². The predicted molar refractivity (Wildman–Crippen MR) is 92.9 cm³/mol. The summed E-state index contributed by atoms with van der Waals surface area (Å²) in [6.45, 7) is 2.01. The van der Waals surface area contributed by atoms with Gasteiger partial charge in [-0.15, -0.1) is 0 Å². The van der Waals surface area contributed by atoms with Crippen molar-refractivity contribution in [2.75, 3.05) is 0 Å². The first-order valence-corrected chi connectivity index (χ1v) is 7.66. The van der Waals surface area contributed by atoms with Crippen molar-refractivity contribution in [3.63, 3.8) is 0 Å². The molecule has 0 radical (unpaired) electrons. The van der Waals surface area contributed by atoms with E-state index in [1.165, 1.54) is 0 Å². The lowest BCUT2D eigenvalue weighted by Crippen LogP contribution is -2.17. The molecular formula is C19H16N2O4. The largest absolute Gasteiger partial charge is 0.501 e. The second-order valence-electron chi connectivity index (χ2n) is 5.66. The fourth-order valence-corrected chi connectivity index (χ4v) is 2.74. The lowest BCUT2D eigenvalue weighted by atomic mass is 9.94. The number of nitrogens with zero attached hydrogens (tertiary/aromatic N) is 1. The van der Waals surface area contributed by atoms with Gasteiger partial charge in [-0.05, 0) is 29.2 Å². The van der Waals surface area contributed by atoms with Crippen LogP contribution < -0.4 is 5.56 Å². The summed E-state index contributed by atoms with van der Waals surface area (Å²) in [6, 6.07) is 15.6. The quantitative estimate of drug-likeness (QED) is 0.680. The Hall–Kier alpha value is -3.41. The van der Waals surface area contributed by atoms with Crippen molar-refractivity contribution in [2.45, 2.75) is 13.3 Å². The Bertz CT molecular complexity index is 1010. The first-order valence-electron chi connectivity index (χ1n) is 7.66. The van der Waals surface area contributed by atoms with Crippen molar-refractivity contribution in [1.29, 1.82) is 0 Å². The molecule has 25 heavy (non-hydrogen) atoms. The topological polar surface area (TPSA) is 103 Å². The maximum atomic E-state index is 11.8. The number of carbonyl (C=O) groups is 1. The van der Waals surface area contributed by atoms with Crippen LogP contribution in [0.3, 0.4) is 0 Å². The van der Waals surface area contributed by atoms with Crippen LogP contribution in [0, 0.1) is 6.92 Å². The van der Waals surface area contributed by atoms with E-state index in [4.69, 9.17) is 5.11 Å². The monoisotopic (exact) mass is 336 g/mol. The van der Waals surface area contributed by atoms with Gasteiger partial charge in [0.2, 0.25) is 5.75 Å². The lowest BCUT2D eigenvalue weighted by Gasteiger charge is -2.12. The molecule has 3 N–H and O–H groups in total. The molecule has 0 aliphatic rings. The molecule has 0 saturated heterocycles. The number of aromatic carboxylic acids is 1. The van der Waals surface area contributed by atoms with Crippen molar-refractivity contribution in [3.8, 4) is 16.9 Å². The molecule has 0 bridgehead atoms. The second kappa shape index (κ2) is 6.60. The van der Waals surface area contributed by atoms with Crippen LogP contribution in [0.15, 0.2) is 53.3 Å². The van der Waals surface area contributed by atoms with Crippen LogP contribution in [-0.2, 0) is 6.42 Å². The predicted octanol–water partition coefficient (Wildman–Crippen LogP) is 2.74. The number of carboxylic acids is 1. The highest BCUT2D eigenvalue weighted by molar-refractivity contribution is 5.88. The Morgan fingerprint density at radius 3 is 2.40 bits per heavy atom. The van der Waals surface area contributed by atoms with Gasteiger partial charge in [-0.2, -0.15) is 0 Å². The van der Waals surface area contributed by atoms with E-state index in [2.05, 4.69) is 9.97 Å². The number of aryl methyl sites for hydroxylation is 1. The second-order valence-corrected chi connectivity index (χ2v) is 5.66. The number of benzene rings is 2. The van der Waals surface area contributed by atoms with Gasteiger partial charge in [0, 0.05) is 6.42 Å². The summed E-state index contributed by atoms with van der Waals surface area (Å²) in [5, 5.41) is 18.6. The molecule has 0 fully saturated rings. The van der Waals surface area contributed by atoms with E-state index in [1.807, 2.05) is 55.5 Å². The van der Waals surface area contributed by atoms with E-state index in [0.29, 0.717) is 0 Å². The molecule has 126 valence electrons. The number of rotatable bonds is 4. The number of carboxylic acid groups (broad SMARTS) is 1. The van der Waals surface area contributed by atoms with Crippen LogP contribution in [0.2, 0.25) is 0 Å². The normalized spacial score (nSPS) is 10.6. The highest BCUT2D eigenvalue weighted by atomic mass is 16.4. The molecule has 0 unspecified atom stereocenters. The van der Waals surface area contributed by atoms with Crippen molar-refractivity contribution in [2.24, 2.45) is 0 Å². The smallest absolute Gasteiger partial charge is 0.358 e. The number of nitrogens with one attached hydrogen (secondary N) is 1. The van der Waals surface area contributed by atoms with Gasteiger partial charge in [-0.1, -0.05) is 48.5 Å². The van der Waals surface area contributed by atoms with Crippen LogP contribution in [0.4, 0.5) is 0 Å².